The smallest absolute Gasteiger partial charge is 0.123 e. The lowest BCUT2D eigenvalue weighted by Crippen LogP contribution is -2.35. The van der Waals surface area contributed by atoms with Gasteiger partial charge >= 0.3 is 0 Å². The normalized spacial score (nSPS) is 19.7. The van der Waals surface area contributed by atoms with Crippen LogP contribution in [0.5, 0.6) is 5.75 Å². The number of terminal acetylenes is 1. The fraction of sp³-hybridized carbons (Fsp3) is 0.385. The van der Waals surface area contributed by atoms with Crippen molar-refractivity contribution in [3.63, 3.8) is 0 Å². The molecule has 2 nitrogen and oxygen atoms in total. The lowest BCUT2D eigenvalue weighted by Gasteiger charge is -2.13. The standard InChI is InChI=1S/C13H14BrNO/c1-3-9(2)15-8-12-7-10-6-11(14)4-5-13(10)16-12/h1,4-6,9,12,15H,7-8H2,2H3. The topological polar surface area (TPSA) is 21.3 Å². The zero-order chi connectivity index (χ0) is 11.5. The molecule has 0 amide bonds. The average Bonchev–Trinajstić information content (AvgIpc) is 2.67. The van der Waals surface area contributed by atoms with E-state index in [1.54, 1.807) is 0 Å². The summed E-state index contributed by atoms with van der Waals surface area (Å²) in [5.74, 6) is 3.63. The molecule has 0 bridgehead atoms. The Balaban J connectivity index is 1.93. The number of rotatable bonds is 3. The molecular formula is C13H14BrNO. The molecule has 0 radical (unpaired) electrons. The molecule has 0 spiro atoms. The lowest BCUT2D eigenvalue weighted by atomic mass is 10.1. The van der Waals surface area contributed by atoms with E-state index in [-0.39, 0.29) is 12.1 Å². The largest absolute Gasteiger partial charge is 0.488 e. The molecule has 3 heteroatoms. The number of benzene rings is 1. The van der Waals surface area contributed by atoms with Gasteiger partial charge in [-0.05, 0) is 30.7 Å². The summed E-state index contributed by atoms with van der Waals surface area (Å²) in [5, 5.41) is 3.25. The molecule has 1 aromatic rings. The third-order valence-electron chi connectivity index (χ3n) is 2.67. The van der Waals surface area contributed by atoms with Crippen molar-refractivity contribution in [3.8, 4) is 18.1 Å². The van der Waals surface area contributed by atoms with Gasteiger partial charge in [-0.3, -0.25) is 0 Å². The van der Waals surface area contributed by atoms with Crippen LogP contribution in [0.3, 0.4) is 0 Å². The average molecular weight is 280 g/mol. The second-order valence-electron chi connectivity index (χ2n) is 3.99. The Bertz CT molecular complexity index is 424. The van der Waals surface area contributed by atoms with E-state index in [0.717, 1.165) is 23.2 Å². The molecule has 1 N–H and O–H groups in total. The summed E-state index contributed by atoms with van der Waals surface area (Å²) in [4.78, 5) is 0. The van der Waals surface area contributed by atoms with Gasteiger partial charge in [0, 0.05) is 17.4 Å². The predicted molar refractivity (Wildman–Crippen MR) is 68.6 cm³/mol. The van der Waals surface area contributed by atoms with Crippen molar-refractivity contribution < 1.29 is 4.74 Å². The quantitative estimate of drug-likeness (QED) is 0.858. The minimum absolute atomic E-state index is 0.0963. The van der Waals surface area contributed by atoms with Gasteiger partial charge < -0.3 is 10.1 Å². The van der Waals surface area contributed by atoms with Crippen molar-refractivity contribution in [2.45, 2.75) is 25.5 Å². The van der Waals surface area contributed by atoms with E-state index in [9.17, 15) is 0 Å². The minimum Gasteiger partial charge on any atom is -0.488 e. The summed E-state index contributed by atoms with van der Waals surface area (Å²) in [6, 6.07) is 6.21. The van der Waals surface area contributed by atoms with Gasteiger partial charge in [-0.15, -0.1) is 6.42 Å². The number of hydrogen-bond acceptors (Lipinski definition) is 2. The number of nitrogens with one attached hydrogen (secondary N) is 1. The van der Waals surface area contributed by atoms with Crippen LogP contribution in [0.25, 0.3) is 0 Å². The number of fused-ring (bicyclic) bond motifs is 1. The number of halogens is 1. The van der Waals surface area contributed by atoms with Crippen LogP contribution in [0.4, 0.5) is 0 Å². The van der Waals surface area contributed by atoms with Crippen molar-refractivity contribution in [2.24, 2.45) is 0 Å². The Morgan fingerprint density at radius 2 is 2.50 bits per heavy atom. The lowest BCUT2D eigenvalue weighted by molar-refractivity contribution is 0.226. The molecule has 0 fully saturated rings. The molecule has 0 saturated carbocycles. The molecule has 1 aliphatic rings. The summed E-state index contributed by atoms with van der Waals surface area (Å²) in [5.41, 5.74) is 1.26. The Labute approximate surface area is 105 Å². The van der Waals surface area contributed by atoms with Gasteiger partial charge in [0.1, 0.15) is 11.9 Å². The van der Waals surface area contributed by atoms with Crippen LogP contribution in [-0.2, 0) is 6.42 Å². The van der Waals surface area contributed by atoms with Gasteiger partial charge in [-0.1, -0.05) is 21.9 Å². The number of ether oxygens (including phenoxy) is 1. The van der Waals surface area contributed by atoms with Gasteiger partial charge in [0.05, 0.1) is 6.04 Å². The Morgan fingerprint density at radius 1 is 1.69 bits per heavy atom. The highest BCUT2D eigenvalue weighted by Gasteiger charge is 2.22. The van der Waals surface area contributed by atoms with E-state index in [2.05, 4.69) is 33.2 Å². The molecule has 1 aromatic carbocycles. The van der Waals surface area contributed by atoms with Gasteiger partial charge in [-0.25, -0.2) is 0 Å². The van der Waals surface area contributed by atoms with E-state index in [1.165, 1.54) is 5.56 Å². The van der Waals surface area contributed by atoms with Crippen LogP contribution in [-0.4, -0.2) is 18.7 Å². The fourth-order valence-corrected chi connectivity index (χ4v) is 2.18. The van der Waals surface area contributed by atoms with Crippen LogP contribution in [0.2, 0.25) is 0 Å². The Morgan fingerprint density at radius 3 is 3.25 bits per heavy atom. The highest BCUT2D eigenvalue weighted by atomic mass is 79.9. The van der Waals surface area contributed by atoms with Gasteiger partial charge in [0.15, 0.2) is 0 Å². The van der Waals surface area contributed by atoms with Crippen molar-refractivity contribution in [2.75, 3.05) is 6.54 Å². The van der Waals surface area contributed by atoms with E-state index in [0.29, 0.717) is 0 Å². The van der Waals surface area contributed by atoms with Crippen LogP contribution in [0.1, 0.15) is 12.5 Å². The van der Waals surface area contributed by atoms with Crippen LogP contribution >= 0.6 is 15.9 Å². The van der Waals surface area contributed by atoms with E-state index in [1.807, 2.05) is 19.1 Å². The zero-order valence-electron chi connectivity index (χ0n) is 9.16. The second kappa shape index (κ2) is 4.90. The molecule has 2 atom stereocenters. The SMILES string of the molecule is C#CC(C)NCC1Cc2cc(Br)ccc2O1. The minimum atomic E-state index is 0.0963. The first-order valence-electron chi connectivity index (χ1n) is 5.33. The van der Waals surface area contributed by atoms with Gasteiger partial charge in [0.25, 0.3) is 0 Å². The molecule has 1 heterocycles. The molecule has 16 heavy (non-hydrogen) atoms. The third kappa shape index (κ3) is 2.58. The summed E-state index contributed by atoms with van der Waals surface area (Å²) in [6.07, 6.45) is 6.44. The summed E-state index contributed by atoms with van der Waals surface area (Å²) in [7, 11) is 0. The van der Waals surface area contributed by atoms with Crippen molar-refractivity contribution in [3.05, 3.63) is 28.2 Å². The summed E-state index contributed by atoms with van der Waals surface area (Å²) < 4.78 is 6.90. The molecule has 2 rings (SSSR count). The molecule has 2 unspecified atom stereocenters. The first kappa shape index (κ1) is 11.5. The highest BCUT2D eigenvalue weighted by Crippen LogP contribution is 2.30. The molecule has 0 aromatic heterocycles. The zero-order valence-corrected chi connectivity index (χ0v) is 10.8. The molecule has 1 aliphatic heterocycles. The maximum Gasteiger partial charge on any atom is 0.123 e. The third-order valence-corrected chi connectivity index (χ3v) is 3.16. The van der Waals surface area contributed by atoms with Crippen molar-refractivity contribution in [1.29, 1.82) is 0 Å². The van der Waals surface area contributed by atoms with Gasteiger partial charge in [0.2, 0.25) is 0 Å². The number of hydrogen-bond donors (Lipinski definition) is 1. The summed E-state index contributed by atoms with van der Waals surface area (Å²) >= 11 is 3.46. The van der Waals surface area contributed by atoms with E-state index in [4.69, 9.17) is 11.2 Å². The highest BCUT2D eigenvalue weighted by molar-refractivity contribution is 9.10. The maximum absolute atomic E-state index is 5.80. The Kier molecular flexibility index (Phi) is 3.52. The Hall–Kier alpha value is -0.980. The molecule has 84 valence electrons. The van der Waals surface area contributed by atoms with Crippen molar-refractivity contribution >= 4 is 15.9 Å². The molecule has 0 saturated heterocycles. The summed E-state index contributed by atoms with van der Waals surface area (Å²) in [6.45, 7) is 2.76. The first-order chi connectivity index (χ1) is 7.69. The van der Waals surface area contributed by atoms with Crippen LogP contribution in [0.15, 0.2) is 22.7 Å². The van der Waals surface area contributed by atoms with Crippen molar-refractivity contribution in [1.82, 2.24) is 5.32 Å². The van der Waals surface area contributed by atoms with E-state index < -0.39 is 0 Å². The molecule has 0 aliphatic carbocycles. The second-order valence-corrected chi connectivity index (χ2v) is 4.91. The van der Waals surface area contributed by atoms with Crippen LogP contribution < -0.4 is 10.1 Å². The molecular weight excluding hydrogens is 266 g/mol. The first-order valence-corrected chi connectivity index (χ1v) is 6.13. The fourth-order valence-electron chi connectivity index (χ4n) is 1.77. The van der Waals surface area contributed by atoms with Gasteiger partial charge in [-0.2, -0.15) is 0 Å². The van der Waals surface area contributed by atoms with Crippen LogP contribution in [0, 0.1) is 12.3 Å². The van der Waals surface area contributed by atoms with E-state index >= 15 is 0 Å². The predicted octanol–water partition coefficient (Wildman–Crippen LogP) is 2.36. The monoisotopic (exact) mass is 279 g/mol. The maximum atomic E-state index is 5.80.